The van der Waals surface area contributed by atoms with Gasteiger partial charge in [0.2, 0.25) is 27.7 Å². The highest BCUT2D eigenvalue weighted by atomic mass is 32.2. The Labute approximate surface area is 291 Å². The van der Waals surface area contributed by atoms with Gasteiger partial charge in [-0.05, 0) is 79.3 Å². The number of benzene rings is 3. The summed E-state index contributed by atoms with van der Waals surface area (Å²) in [7, 11) is -2.41. The summed E-state index contributed by atoms with van der Waals surface area (Å²) in [6.45, 7) is 7.94. The molecule has 0 aliphatic carbocycles. The van der Waals surface area contributed by atoms with E-state index in [1.807, 2.05) is 51.1 Å². The van der Waals surface area contributed by atoms with Crippen molar-refractivity contribution in [3.8, 4) is 0 Å². The molecule has 0 spiro atoms. The van der Waals surface area contributed by atoms with Gasteiger partial charge in [-0.15, -0.1) is 0 Å². The van der Waals surface area contributed by atoms with Crippen LogP contribution in [0, 0.1) is 5.41 Å². The van der Waals surface area contributed by atoms with Crippen molar-refractivity contribution in [2.75, 3.05) is 33.2 Å². The third kappa shape index (κ3) is 9.94. The molecule has 4 N–H and O–H groups in total. The van der Waals surface area contributed by atoms with Crippen LogP contribution in [0.2, 0.25) is 0 Å². The molecule has 1 heterocycles. The van der Waals surface area contributed by atoms with Crippen LogP contribution in [0.25, 0.3) is 10.8 Å². The molecule has 3 aromatic carbocycles. The van der Waals surface area contributed by atoms with E-state index in [1.54, 1.807) is 35.9 Å². The van der Waals surface area contributed by atoms with Crippen LogP contribution in [-0.4, -0.2) is 96.1 Å². The Bertz CT molecular complexity index is 1780. The third-order valence-electron chi connectivity index (χ3n) is 8.89. The van der Waals surface area contributed by atoms with E-state index >= 15 is 0 Å². The Morgan fingerprint density at radius 2 is 1.71 bits per heavy atom. The van der Waals surface area contributed by atoms with Crippen LogP contribution in [-0.2, 0) is 41.9 Å². The molecule has 266 valence electrons. The van der Waals surface area contributed by atoms with Gasteiger partial charge in [0.05, 0.1) is 22.4 Å². The van der Waals surface area contributed by atoms with Crippen molar-refractivity contribution in [1.82, 2.24) is 25.2 Å². The fourth-order valence-corrected chi connectivity index (χ4v) is 7.26. The monoisotopic (exact) mass is 713 g/mol. The van der Waals surface area contributed by atoms with Crippen LogP contribution in [0.5, 0.6) is 0 Å². The summed E-state index contributed by atoms with van der Waals surface area (Å²) in [6, 6.07) is 17.0. The SMILES string of the molecule is CN[C@@H](C)C(=O)N[C@H](C(=O)N1CCC[C@H]1CN(CCc1ccccc1)C(=O)CNS(=O)(=O)c1ccc2cc(S(=O)O)ccc2c1)C(C)(C)C. The standard InChI is InChI=1S/C35H47N5O7S2/c1-24(36-5)33(42)38-32(35(2,3)4)34(43)40-18-9-12-28(40)23-39(19-17-25-10-7-6-8-11-25)31(41)22-37-49(46,47)30-16-14-26-20-29(48(44)45)15-13-27(26)21-30/h6-8,10-11,13-16,20-21,24,28,32,36-37H,9,12,17-19,22-23H2,1-5H3,(H,38,42)(H,44,45)/t24-,28-,32+/m0/s1. The fourth-order valence-electron chi connectivity index (χ4n) is 5.84. The van der Waals surface area contributed by atoms with Crippen LogP contribution >= 0.6 is 0 Å². The third-order valence-corrected chi connectivity index (χ3v) is 10.9. The fraction of sp³-hybridized carbons (Fsp3) is 0.457. The molecule has 0 aromatic heterocycles. The average molecular weight is 714 g/mol. The minimum absolute atomic E-state index is 0.0445. The molecule has 1 aliphatic heterocycles. The zero-order chi connectivity index (χ0) is 35.9. The number of fused-ring (bicyclic) bond motifs is 1. The first-order valence-corrected chi connectivity index (χ1v) is 18.9. The van der Waals surface area contributed by atoms with Crippen molar-refractivity contribution in [2.24, 2.45) is 5.41 Å². The quantitative estimate of drug-likeness (QED) is 0.185. The lowest BCUT2D eigenvalue weighted by atomic mass is 9.85. The molecule has 14 heteroatoms. The summed E-state index contributed by atoms with van der Waals surface area (Å²) >= 11 is -2.17. The van der Waals surface area contributed by atoms with E-state index < -0.39 is 51.1 Å². The van der Waals surface area contributed by atoms with Gasteiger partial charge in [0.1, 0.15) is 6.04 Å². The molecule has 1 aliphatic rings. The molecule has 4 rings (SSSR count). The second-order valence-corrected chi connectivity index (χ2v) is 16.2. The number of rotatable bonds is 14. The van der Waals surface area contributed by atoms with Crippen molar-refractivity contribution in [1.29, 1.82) is 0 Å². The highest BCUT2D eigenvalue weighted by Crippen LogP contribution is 2.27. The predicted octanol–water partition coefficient (Wildman–Crippen LogP) is 2.90. The van der Waals surface area contributed by atoms with Crippen LogP contribution in [0.15, 0.2) is 76.5 Å². The van der Waals surface area contributed by atoms with Gasteiger partial charge in [-0.3, -0.25) is 14.4 Å². The molecule has 0 radical (unpaired) electrons. The van der Waals surface area contributed by atoms with E-state index in [0.29, 0.717) is 36.7 Å². The van der Waals surface area contributed by atoms with Crippen LogP contribution < -0.4 is 15.4 Å². The number of amides is 3. The summed E-state index contributed by atoms with van der Waals surface area (Å²) in [5.41, 5.74) is 0.440. The summed E-state index contributed by atoms with van der Waals surface area (Å²) in [5, 5.41) is 6.99. The van der Waals surface area contributed by atoms with E-state index in [4.69, 9.17) is 0 Å². The van der Waals surface area contributed by atoms with Crippen LogP contribution in [0.4, 0.5) is 0 Å². The number of likely N-dealkylation sites (tertiary alicyclic amines) is 1. The van der Waals surface area contributed by atoms with Gasteiger partial charge in [0.25, 0.3) is 0 Å². The maximum Gasteiger partial charge on any atom is 0.246 e. The smallest absolute Gasteiger partial charge is 0.246 e. The molecule has 1 fully saturated rings. The Kier molecular flexibility index (Phi) is 12.7. The first kappa shape index (κ1) is 38.1. The van der Waals surface area contributed by atoms with Gasteiger partial charge >= 0.3 is 0 Å². The molecule has 3 amide bonds. The number of likely N-dealkylation sites (N-methyl/N-ethyl adjacent to an activating group) is 1. The maximum atomic E-state index is 14.0. The summed E-state index contributed by atoms with van der Waals surface area (Å²) in [5.74, 6) is -0.925. The lowest BCUT2D eigenvalue weighted by Crippen LogP contribution is -2.59. The van der Waals surface area contributed by atoms with Gasteiger partial charge in [0, 0.05) is 25.7 Å². The topological polar surface area (TPSA) is 165 Å². The number of carbonyl (C=O) groups excluding carboxylic acids is 3. The number of carbonyl (C=O) groups is 3. The van der Waals surface area contributed by atoms with E-state index in [2.05, 4.69) is 15.4 Å². The van der Waals surface area contributed by atoms with Crippen molar-refractivity contribution >= 4 is 49.6 Å². The second kappa shape index (κ2) is 16.3. The van der Waals surface area contributed by atoms with Crippen LogP contribution in [0.3, 0.4) is 0 Å². The lowest BCUT2D eigenvalue weighted by Gasteiger charge is -2.37. The minimum Gasteiger partial charge on any atom is -0.342 e. The van der Waals surface area contributed by atoms with Gasteiger partial charge in [-0.1, -0.05) is 63.2 Å². The Morgan fingerprint density at radius 3 is 2.37 bits per heavy atom. The number of hydrogen-bond acceptors (Lipinski definition) is 7. The normalized spacial score (nSPS) is 17.0. The van der Waals surface area contributed by atoms with Crippen molar-refractivity contribution in [3.63, 3.8) is 0 Å². The second-order valence-electron chi connectivity index (χ2n) is 13.5. The Morgan fingerprint density at radius 1 is 1.04 bits per heavy atom. The van der Waals surface area contributed by atoms with E-state index in [-0.39, 0.29) is 34.2 Å². The molecule has 49 heavy (non-hydrogen) atoms. The number of hydrogen-bond donors (Lipinski definition) is 4. The Hall–Kier alpha value is -3.69. The van der Waals surface area contributed by atoms with Crippen molar-refractivity contribution in [3.05, 3.63) is 72.3 Å². The first-order chi connectivity index (χ1) is 23.1. The molecule has 0 bridgehead atoms. The molecule has 0 saturated carbocycles. The average Bonchev–Trinajstić information content (AvgIpc) is 3.54. The largest absolute Gasteiger partial charge is 0.342 e. The highest BCUT2D eigenvalue weighted by molar-refractivity contribution is 7.89. The maximum absolute atomic E-state index is 14.0. The predicted molar refractivity (Wildman–Crippen MR) is 190 cm³/mol. The van der Waals surface area contributed by atoms with E-state index in [1.165, 1.54) is 24.3 Å². The highest BCUT2D eigenvalue weighted by Gasteiger charge is 2.40. The minimum atomic E-state index is -4.09. The summed E-state index contributed by atoms with van der Waals surface area (Å²) in [4.78, 5) is 44.1. The Balaban J connectivity index is 1.52. The van der Waals surface area contributed by atoms with E-state index in [0.717, 1.165) is 12.0 Å². The molecule has 1 saturated heterocycles. The van der Waals surface area contributed by atoms with Gasteiger partial charge < -0.3 is 25.0 Å². The zero-order valence-electron chi connectivity index (χ0n) is 28.6. The lowest BCUT2D eigenvalue weighted by molar-refractivity contribution is -0.142. The number of nitrogens with one attached hydrogen (secondary N) is 3. The van der Waals surface area contributed by atoms with Crippen LogP contribution in [0.1, 0.15) is 46.1 Å². The molecule has 3 aromatic rings. The molecule has 12 nitrogen and oxygen atoms in total. The number of nitrogens with zero attached hydrogens (tertiary/aromatic N) is 2. The molecular formula is C35H47N5O7S2. The summed E-state index contributed by atoms with van der Waals surface area (Å²) < 4.78 is 49.9. The van der Waals surface area contributed by atoms with Gasteiger partial charge in [-0.25, -0.2) is 17.3 Å². The number of sulfonamides is 1. The van der Waals surface area contributed by atoms with Crippen molar-refractivity contribution < 1.29 is 31.6 Å². The van der Waals surface area contributed by atoms with Crippen molar-refractivity contribution in [2.45, 2.75) is 74.9 Å². The van der Waals surface area contributed by atoms with Gasteiger partial charge in [0.15, 0.2) is 11.1 Å². The molecular weight excluding hydrogens is 667 g/mol. The van der Waals surface area contributed by atoms with Gasteiger partial charge in [-0.2, -0.15) is 0 Å². The summed E-state index contributed by atoms with van der Waals surface area (Å²) in [6.07, 6.45) is 1.93. The zero-order valence-corrected chi connectivity index (χ0v) is 30.3. The van der Waals surface area contributed by atoms with E-state index in [9.17, 15) is 31.6 Å². The first-order valence-electron chi connectivity index (χ1n) is 16.3. The molecule has 4 atom stereocenters. The molecule has 1 unspecified atom stereocenters.